The van der Waals surface area contributed by atoms with Crippen LogP contribution in [0.15, 0.2) is 94.8 Å². The first kappa shape index (κ1) is 30.9. The largest absolute Gasteiger partial charge is 0.483 e. The summed E-state index contributed by atoms with van der Waals surface area (Å²) < 4.78 is 16.7. The van der Waals surface area contributed by atoms with Crippen molar-refractivity contribution in [3.63, 3.8) is 0 Å². The first-order valence-electron chi connectivity index (χ1n) is 16.7. The van der Waals surface area contributed by atoms with E-state index in [1.807, 2.05) is 86.9 Å². The van der Waals surface area contributed by atoms with Crippen molar-refractivity contribution >= 4 is 0 Å². The van der Waals surface area contributed by atoms with Crippen molar-refractivity contribution in [2.45, 2.75) is 96.9 Å². The van der Waals surface area contributed by atoms with Gasteiger partial charge in [-0.15, -0.1) is 0 Å². The molecule has 6 nitrogen and oxygen atoms in total. The number of benzene rings is 2. The van der Waals surface area contributed by atoms with Crippen molar-refractivity contribution in [3.8, 4) is 11.5 Å². The molecule has 0 N–H and O–H groups in total. The summed E-state index contributed by atoms with van der Waals surface area (Å²) in [4.78, 5) is 25.3. The van der Waals surface area contributed by atoms with Crippen LogP contribution in [0.4, 0.5) is 0 Å². The summed E-state index contributed by atoms with van der Waals surface area (Å²) in [6, 6.07) is 24.2. The Bertz CT molecular complexity index is 1540. The lowest BCUT2D eigenvalue weighted by Crippen LogP contribution is -2.25. The lowest BCUT2D eigenvalue weighted by Gasteiger charge is -2.36. The molecule has 0 bridgehead atoms. The standard InChI is InChI=1S/C39H46N2O4/c1-28-38(44-26-32-9-5-3-6-10-32)36(42)21-23-40(28)34-17-13-30(14-18-34)25-31-15-19-35(20-16-31)41-24-22-37(43)39(29(41)2)45-27-33-11-7-4-8-12-33/h3-12,21-24,30-31,34-35H,13-20,25-27H2,1-2H3. The molecule has 45 heavy (non-hydrogen) atoms. The van der Waals surface area contributed by atoms with E-state index in [1.165, 1.54) is 32.1 Å². The normalized spacial score (nSPS) is 21.7. The molecular formula is C39H46N2O4. The van der Waals surface area contributed by atoms with E-state index in [-0.39, 0.29) is 10.9 Å². The average Bonchev–Trinajstić information content (AvgIpc) is 3.07. The van der Waals surface area contributed by atoms with Gasteiger partial charge in [-0.3, -0.25) is 9.59 Å². The number of pyridine rings is 2. The predicted molar refractivity (Wildman–Crippen MR) is 179 cm³/mol. The minimum absolute atomic E-state index is 0.0442. The first-order valence-corrected chi connectivity index (χ1v) is 16.7. The van der Waals surface area contributed by atoms with Gasteiger partial charge in [0.05, 0.1) is 11.4 Å². The Balaban J connectivity index is 0.999. The fourth-order valence-electron chi connectivity index (χ4n) is 7.65. The SMILES string of the molecule is Cc1c(OCc2ccccc2)c(=O)ccn1C1CCC(CC2CCC(n3ccc(=O)c(OCc4ccccc4)c3C)CC2)CC1. The zero-order valence-corrected chi connectivity index (χ0v) is 26.7. The van der Waals surface area contributed by atoms with Crippen molar-refractivity contribution in [3.05, 3.63) is 128 Å². The summed E-state index contributed by atoms with van der Waals surface area (Å²) in [6.45, 7) is 4.85. The molecule has 2 fully saturated rings. The molecule has 2 heterocycles. The highest BCUT2D eigenvalue weighted by atomic mass is 16.5. The Morgan fingerprint density at radius 2 is 0.933 bits per heavy atom. The van der Waals surface area contributed by atoms with Gasteiger partial charge in [0.15, 0.2) is 11.5 Å². The Kier molecular flexibility index (Phi) is 9.88. The Morgan fingerprint density at radius 3 is 1.31 bits per heavy atom. The van der Waals surface area contributed by atoms with E-state index in [4.69, 9.17) is 9.47 Å². The molecule has 6 heteroatoms. The maximum Gasteiger partial charge on any atom is 0.223 e. The monoisotopic (exact) mass is 606 g/mol. The zero-order valence-electron chi connectivity index (χ0n) is 26.7. The topological polar surface area (TPSA) is 62.5 Å². The minimum atomic E-state index is -0.0442. The maximum absolute atomic E-state index is 12.7. The summed E-state index contributed by atoms with van der Waals surface area (Å²) >= 11 is 0. The van der Waals surface area contributed by atoms with Crippen molar-refractivity contribution < 1.29 is 9.47 Å². The third-order valence-electron chi connectivity index (χ3n) is 10.2. The molecule has 236 valence electrons. The lowest BCUT2D eigenvalue weighted by molar-refractivity contribution is 0.190. The Labute approximate surface area is 266 Å². The van der Waals surface area contributed by atoms with Crippen molar-refractivity contribution in [2.75, 3.05) is 0 Å². The first-order chi connectivity index (χ1) is 22.0. The Hall–Kier alpha value is -4.06. The molecule has 2 aliphatic carbocycles. The van der Waals surface area contributed by atoms with Gasteiger partial charge in [-0.25, -0.2) is 0 Å². The van der Waals surface area contributed by atoms with Crippen LogP contribution < -0.4 is 20.3 Å². The van der Waals surface area contributed by atoms with Crippen LogP contribution in [0.25, 0.3) is 0 Å². The van der Waals surface area contributed by atoms with Gasteiger partial charge in [-0.05, 0) is 94.6 Å². The molecule has 4 aromatic rings. The summed E-state index contributed by atoms with van der Waals surface area (Å²) in [6.07, 6.45) is 14.8. The number of rotatable bonds is 10. The van der Waals surface area contributed by atoms with Crippen LogP contribution in [0.2, 0.25) is 0 Å². The molecule has 0 spiro atoms. The summed E-state index contributed by atoms with van der Waals surface area (Å²) in [5.74, 6) is 2.49. The van der Waals surface area contributed by atoms with Gasteiger partial charge < -0.3 is 18.6 Å². The van der Waals surface area contributed by atoms with Crippen LogP contribution >= 0.6 is 0 Å². The average molecular weight is 607 g/mol. The molecule has 2 aliphatic rings. The highest BCUT2D eigenvalue weighted by Gasteiger charge is 2.29. The van der Waals surface area contributed by atoms with Crippen molar-refractivity contribution in [1.29, 1.82) is 0 Å². The summed E-state index contributed by atoms with van der Waals surface area (Å²) in [5.41, 5.74) is 3.91. The van der Waals surface area contributed by atoms with E-state index in [0.29, 0.717) is 36.8 Å². The van der Waals surface area contributed by atoms with E-state index >= 15 is 0 Å². The molecule has 2 aromatic heterocycles. The quantitative estimate of drug-likeness (QED) is 0.182. The zero-order chi connectivity index (χ0) is 31.2. The van der Waals surface area contributed by atoms with E-state index in [1.54, 1.807) is 12.1 Å². The van der Waals surface area contributed by atoms with Gasteiger partial charge in [-0.1, -0.05) is 60.7 Å². The van der Waals surface area contributed by atoms with Crippen molar-refractivity contribution in [1.82, 2.24) is 9.13 Å². The predicted octanol–water partition coefficient (Wildman–Crippen LogP) is 8.34. The molecule has 0 aliphatic heterocycles. The van der Waals surface area contributed by atoms with Gasteiger partial charge >= 0.3 is 0 Å². The van der Waals surface area contributed by atoms with E-state index in [0.717, 1.165) is 60.0 Å². The van der Waals surface area contributed by atoms with Crippen LogP contribution in [-0.2, 0) is 13.2 Å². The fraction of sp³-hybridized carbons (Fsp3) is 0.436. The number of nitrogens with zero attached hydrogens (tertiary/aromatic N) is 2. The van der Waals surface area contributed by atoms with Crippen LogP contribution in [0, 0.1) is 25.7 Å². The lowest BCUT2D eigenvalue weighted by atomic mass is 9.75. The van der Waals surface area contributed by atoms with Gasteiger partial charge in [0.1, 0.15) is 13.2 Å². The second-order valence-electron chi connectivity index (χ2n) is 13.1. The van der Waals surface area contributed by atoms with Crippen LogP contribution in [0.5, 0.6) is 11.5 Å². The second-order valence-corrected chi connectivity index (χ2v) is 13.1. The van der Waals surface area contributed by atoms with Gasteiger partial charge in [0, 0.05) is 36.6 Å². The van der Waals surface area contributed by atoms with E-state index in [2.05, 4.69) is 9.13 Å². The van der Waals surface area contributed by atoms with Crippen LogP contribution in [-0.4, -0.2) is 9.13 Å². The van der Waals surface area contributed by atoms with Crippen LogP contribution in [0.3, 0.4) is 0 Å². The molecule has 0 saturated heterocycles. The number of ether oxygens (including phenoxy) is 2. The van der Waals surface area contributed by atoms with E-state index < -0.39 is 0 Å². The molecule has 2 aromatic carbocycles. The number of hydrogen-bond donors (Lipinski definition) is 0. The fourth-order valence-corrected chi connectivity index (χ4v) is 7.65. The number of aromatic nitrogens is 2. The van der Waals surface area contributed by atoms with E-state index in [9.17, 15) is 9.59 Å². The smallest absolute Gasteiger partial charge is 0.223 e. The van der Waals surface area contributed by atoms with Crippen molar-refractivity contribution in [2.24, 2.45) is 11.8 Å². The van der Waals surface area contributed by atoms with Gasteiger partial charge in [0.2, 0.25) is 10.9 Å². The third-order valence-corrected chi connectivity index (χ3v) is 10.2. The molecule has 2 saturated carbocycles. The summed E-state index contributed by atoms with van der Waals surface area (Å²) in [5, 5.41) is 0. The minimum Gasteiger partial charge on any atom is -0.483 e. The second kappa shape index (κ2) is 14.4. The van der Waals surface area contributed by atoms with Gasteiger partial charge in [-0.2, -0.15) is 0 Å². The molecular weight excluding hydrogens is 560 g/mol. The van der Waals surface area contributed by atoms with Crippen LogP contribution in [0.1, 0.15) is 92.4 Å². The maximum atomic E-state index is 12.7. The highest BCUT2D eigenvalue weighted by molar-refractivity contribution is 5.29. The molecule has 6 rings (SSSR count). The molecule has 0 unspecified atom stereocenters. The van der Waals surface area contributed by atoms with Gasteiger partial charge in [0.25, 0.3) is 0 Å². The molecule has 0 atom stereocenters. The highest BCUT2D eigenvalue weighted by Crippen LogP contribution is 2.41. The molecule has 0 radical (unpaired) electrons. The third kappa shape index (κ3) is 7.43. The number of hydrogen-bond acceptors (Lipinski definition) is 4. The molecule has 0 amide bonds. The summed E-state index contributed by atoms with van der Waals surface area (Å²) in [7, 11) is 0. The Morgan fingerprint density at radius 1 is 0.556 bits per heavy atom.